The molecule has 0 aliphatic heterocycles. The predicted octanol–water partition coefficient (Wildman–Crippen LogP) is 3.00. The summed E-state index contributed by atoms with van der Waals surface area (Å²) >= 11 is 1.53. The van der Waals surface area contributed by atoms with Crippen LogP contribution in [0.5, 0.6) is 0 Å². The summed E-state index contributed by atoms with van der Waals surface area (Å²) in [5.41, 5.74) is 2.22. The van der Waals surface area contributed by atoms with Crippen LogP contribution >= 0.6 is 11.3 Å². The maximum Gasteiger partial charge on any atom is 0.257 e. The van der Waals surface area contributed by atoms with Crippen LogP contribution in [0, 0.1) is 0 Å². The summed E-state index contributed by atoms with van der Waals surface area (Å²) in [6.45, 7) is 5.49. The number of carbonyl (C=O) groups is 2. The minimum atomic E-state index is -0.239. The minimum Gasteiger partial charge on any atom is -0.350 e. The number of carbonyl (C=O) groups excluding carboxylic acids is 2. The van der Waals surface area contributed by atoms with Gasteiger partial charge >= 0.3 is 0 Å². The third-order valence-corrected chi connectivity index (χ3v) is 5.88. The number of nitrogens with zero attached hydrogens (tertiary/aromatic N) is 1. The molecule has 144 valence electrons. The number of fused-ring (bicyclic) bond motifs is 1. The van der Waals surface area contributed by atoms with E-state index in [1.807, 2.05) is 13.8 Å². The molecule has 0 unspecified atom stereocenters. The number of anilines is 1. The maximum atomic E-state index is 12.9. The normalized spacial score (nSPS) is 14.3. The van der Waals surface area contributed by atoms with Gasteiger partial charge in [0.05, 0.1) is 11.1 Å². The van der Waals surface area contributed by atoms with Crippen molar-refractivity contribution < 1.29 is 9.59 Å². The molecule has 2 aromatic heterocycles. The number of rotatable bonds is 7. The lowest BCUT2D eigenvalue weighted by atomic mass is 9.95. The molecule has 27 heavy (non-hydrogen) atoms. The third kappa shape index (κ3) is 4.73. The fourth-order valence-electron chi connectivity index (χ4n) is 3.32. The van der Waals surface area contributed by atoms with Gasteiger partial charge in [-0.3, -0.25) is 14.6 Å². The molecule has 0 radical (unpaired) electrons. The molecule has 0 saturated heterocycles. The lowest BCUT2D eigenvalue weighted by Crippen LogP contribution is -2.39. The Bertz CT molecular complexity index is 804. The van der Waals surface area contributed by atoms with Crippen molar-refractivity contribution in [1.29, 1.82) is 0 Å². The van der Waals surface area contributed by atoms with E-state index in [1.165, 1.54) is 22.4 Å². The first-order valence-electron chi connectivity index (χ1n) is 9.47. The van der Waals surface area contributed by atoms with E-state index in [-0.39, 0.29) is 17.9 Å². The number of amides is 2. The molecule has 1 aliphatic rings. The average Bonchev–Trinajstić information content (AvgIpc) is 3.05. The highest BCUT2D eigenvalue weighted by atomic mass is 32.1. The van der Waals surface area contributed by atoms with Gasteiger partial charge < -0.3 is 16.0 Å². The summed E-state index contributed by atoms with van der Waals surface area (Å²) in [7, 11) is 0. The summed E-state index contributed by atoms with van der Waals surface area (Å²) in [5, 5.41) is 9.89. The van der Waals surface area contributed by atoms with Gasteiger partial charge in [0, 0.05) is 29.9 Å². The highest BCUT2D eigenvalue weighted by Crippen LogP contribution is 2.38. The second kappa shape index (κ2) is 9.10. The highest BCUT2D eigenvalue weighted by molar-refractivity contribution is 7.17. The molecular formula is C20H26N4O2S. The largest absolute Gasteiger partial charge is 0.350 e. The molecule has 0 spiro atoms. The van der Waals surface area contributed by atoms with E-state index in [0.29, 0.717) is 22.7 Å². The van der Waals surface area contributed by atoms with Gasteiger partial charge in [-0.05, 0) is 56.8 Å². The Labute approximate surface area is 163 Å². The van der Waals surface area contributed by atoms with E-state index in [4.69, 9.17) is 0 Å². The van der Waals surface area contributed by atoms with Crippen LogP contribution in [0.2, 0.25) is 0 Å². The van der Waals surface area contributed by atoms with Crippen molar-refractivity contribution in [3.05, 3.63) is 46.1 Å². The topological polar surface area (TPSA) is 83.1 Å². The van der Waals surface area contributed by atoms with Crippen molar-refractivity contribution in [2.75, 3.05) is 18.4 Å². The molecule has 0 aromatic carbocycles. The molecule has 6 nitrogen and oxygen atoms in total. The summed E-state index contributed by atoms with van der Waals surface area (Å²) in [4.78, 5) is 30.7. The Morgan fingerprint density at radius 1 is 1.26 bits per heavy atom. The standard InChI is InChI=1S/C20H26N4O2S/c1-3-22-13(2)11-23-19(26)17-15-8-4-5-9-16(15)27-20(17)24-18(25)14-7-6-10-21-12-14/h6-7,10,12-13,22H,3-5,8-9,11H2,1-2H3,(H,23,26)(H,24,25)/t13-/m1/s1. The molecule has 1 aliphatic carbocycles. The van der Waals surface area contributed by atoms with Crippen LogP contribution in [0.1, 0.15) is 57.8 Å². The van der Waals surface area contributed by atoms with Crippen molar-refractivity contribution in [2.45, 2.75) is 45.6 Å². The molecule has 2 amide bonds. The molecule has 3 rings (SSSR count). The highest BCUT2D eigenvalue weighted by Gasteiger charge is 2.26. The van der Waals surface area contributed by atoms with Crippen molar-refractivity contribution in [3.63, 3.8) is 0 Å². The average molecular weight is 387 g/mol. The van der Waals surface area contributed by atoms with Gasteiger partial charge in [0.15, 0.2) is 0 Å². The van der Waals surface area contributed by atoms with Crippen LogP contribution < -0.4 is 16.0 Å². The Balaban J connectivity index is 1.82. The van der Waals surface area contributed by atoms with Crippen LogP contribution in [-0.4, -0.2) is 35.9 Å². The van der Waals surface area contributed by atoms with Gasteiger partial charge in [0.25, 0.3) is 11.8 Å². The molecule has 2 heterocycles. The summed E-state index contributed by atoms with van der Waals surface area (Å²) in [5.74, 6) is -0.350. The lowest BCUT2D eigenvalue weighted by Gasteiger charge is -2.16. The van der Waals surface area contributed by atoms with E-state index >= 15 is 0 Å². The number of aromatic nitrogens is 1. The van der Waals surface area contributed by atoms with E-state index in [2.05, 4.69) is 20.9 Å². The van der Waals surface area contributed by atoms with E-state index < -0.39 is 0 Å². The van der Waals surface area contributed by atoms with E-state index in [0.717, 1.165) is 37.8 Å². The second-order valence-electron chi connectivity index (χ2n) is 6.78. The Morgan fingerprint density at radius 3 is 2.81 bits per heavy atom. The van der Waals surface area contributed by atoms with Gasteiger partial charge in [-0.2, -0.15) is 0 Å². The monoisotopic (exact) mass is 386 g/mol. The van der Waals surface area contributed by atoms with Gasteiger partial charge in [0.2, 0.25) is 0 Å². The summed E-state index contributed by atoms with van der Waals surface area (Å²) in [6.07, 6.45) is 7.22. The Morgan fingerprint density at radius 2 is 2.07 bits per heavy atom. The number of likely N-dealkylation sites (N-methyl/N-ethyl adjacent to an activating group) is 1. The van der Waals surface area contributed by atoms with Crippen molar-refractivity contribution >= 4 is 28.2 Å². The fourth-order valence-corrected chi connectivity index (χ4v) is 4.60. The second-order valence-corrected chi connectivity index (χ2v) is 7.88. The first-order valence-corrected chi connectivity index (χ1v) is 10.3. The van der Waals surface area contributed by atoms with Crippen LogP contribution in [-0.2, 0) is 12.8 Å². The molecule has 1 atom stereocenters. The smallest absolute Gasteiger partial charge is 0.257 e. The minimum absolute atomic E-state index is 0.111. The van der Waals surface area contributed by atoms with Crippen LogP contribution in [0.4, 0.5) is 5.00 Å². The molecular weight excluding hydrogens is 360 g/mol. The number of hydrogen-bond donors (Lipinski definition) is 3. The van der Waals surface area contributed by atoms with E-state index in [9.17, 15) is 9.59 Å². The van der Waals surface area contributed by atoms with E-state index in [1.54, 1.807) is 18.3 Å². The fraction of sp³-hybridized carbons (Fsp3) is 0.450. The summed E-state index contributed by atoms with van der Waals surface area (Å²) in [6, 6.07) is 3.64. The number of aryl methyl sites for hydroxylation is 1. The zero-order valence-electron chi connectivity index (χ0n) is 15.8. The van der Waals surface area contributed by atoms with Crippen LogP contribution in [0.25, 0.3) is 0 Å². The number of nitrogens with one attached hydrogen (secondary N) is 3. The molecule has 3 N–H and O–H groups in total. The Hall–Kier alpha value is -2.25. The van der Waals surface area contributed by atoms with Gasteiger partial charge in [-0.1, -0.05) is 6.92 Å². The van der Waals surface area contributed by atoms with Gasteiger partial charge in [0.1, 0.15) is 5.00 Å². The third-order valence-electron chi connectivity index (χ3n) is 4.67. The number of pyridine rings is 1. The molecule has 2 aromatic rings. The van der Waals surface area contributed by atoms with Crippen molar-refractivity contribution in [3.8, 4) is 0 Å². The Kier molecular flexibility index (Phi) is 6.58. The van der Waals surface area contributed by atoms with Crippen LogP contribution in [0.3, 0.4) is 0 Å². The van der Waals surface area contributed by atoms with Crippen molar-refractivity contribution in [2.24, 2.45) is 0 Å². The number of hydrogen-bond acceptors (Lipinski definition) is 5. The molecule has 7 heteroatoms. The SMILES string of the molecule is CCN[C@H](C)CNC(=O)c1c(NC(=O)c2cccnc2)sc2c1CCCC2. The lowest BCUT2D eigenvalue weighted by molar-refractivity contribution is 0.0950. The first kappa shape index (κ1) is 19.5. The first-order chi connectivity index (χ1) is 13.1. The predicted molar refractivity (Wildman–Crippen MR) is 109 cm³/mol. The van der Waals surface area contributed by atoms with Gasteiger partial charge in [-0.15, -0.1) is 11.3 Å². The maximum absolute atomic E-state index is 12.9. The zero-order chi connectivity index (χ0) is 19.2. The zero-order valence-corrected chi connectivity index (χ0v) is 16.6. The molecule has 0 fully saturated rings. The van der Waals surface area contributed by atoms with Crippen LogP contribution in [0.15, 0.2) is 24.5 Å². The molecule has 0 bridgehead atoms. The van der Waals surface area contributed by atoms with Gasteiger partial charge in [-0.25, -0.2) is 0 Å². The van der Waals surface area contributed by atoms with Crippen molar-refractivity contribution in [1.82, 2.24) is 15.6 Å². The quantitative estimate of drug-likeness (QED) is 0.683. The summed E-state index contributed by atoms with van der Waals surface area (Å²) < 4.78 is 0. The molecule has 0 saturated carbocycles. The number of thiophene rings is 1.